The van der Waals surface area contributed by atoms with E-state index in [0.717, 1.165) is 16.8 Å². The average molecular weight is 642 g/mol. The Morgan fingerprint density at radius 2 is 1.85 bits per heavy atom. The van der Waals surface area contributed by atoms with Crippen molar-refractivity contribution in [2.75, 3.05) is 13.2 Å². The summed E-state index contributed by atoms with van der Waals surface area (Å²) in [5.74, 6) is 0. The summed E-state index contributed by atoms with van der Waals surface area (Å²) in [5, 5.41) is 60.2. The fraction of sp³-hybridized carbons (Fsp3) is 0.778. The van der Waals surface area contributed by atoms with Gasteiger partial charge in [0.05, 0.1) is 13.2 Å². The Bertz CT molecular complexity index is 1250. The number of rotatable bonds is 11. The summed E-state index contributed by atoms with van der Waals surface area (Å²) in [5.41, 5.74) is -3.82. The minimum Gasteiger partial charge on any atom is -0.393 e. The number of H-pyrrole nitrogens is 1. The van der Waals surface area contributed by atoms with Crippen molar-refractivity contribution in [1.29, 1.82) is 0 Å². The number of phosphoric ester groups is 1. The number of hydrogen-bond acceptors (Lipinski definition) is 15. The van der Waals surface area contributed by atoms with Crippen molar-refractivity contribution in [2.45, 2.75) is 74.3 Å². The number of aromatic amines is 1. The number of nitrogens with one attached hydrogen (secondary N) is 1. The molecule has 0 aromatic carbocycles. The molecule has 2 saturated heterocycles. The van der Waals surface area contributed by atoms with Crippen LogP contribution in [0.3, 0.4) is 0 Å². The number of halogens is 1. The third-order valence-electron chi connectivity index (χ3n) is 6.25. The van der Waals surface area contributed by atoms with E-state index in [9.17, 15) is 53.9 Å². The lowest BCUT2D eigenvalue weighted by molar-refractivity contribution is -0.287. The van der Waals surface area contributed by atoms with Crippen LogP contribution >= 0.6 is 14.5 Å². The SMILES string of the molecule is CC[C@@]1(O)[C@H](O)[C@@H](COP(O)(=S)OP(=O)(O)OC2OC([C@@H](F)CO)C(O)C(O)C2O)O[C@H]1n1ccc(=O)[nH]c1=O. The molecule has 0 saturated carbocycles. The van der Waals surface area contributed by atoms with Crippen LogP contribution in [-0.2, 0) is 39.2 Å². The lowest BCUT2D eigenvalue weighted by Crippen LogP contribution is -2.60. The van der Waals surface area contributed by atoms with E-state index >= 15 is 0 Å². The number of aromatic nitrogens is 2. The van der Waals surface area contributed by atoms with E-state index in [-0.39, 0.29) is 6.42 Å². The van der Waals surface area contributed by atoms with E-state index in [4.69, 9.17) is 19.1 Å². The van der Waals surface area contributed by atoms with Crippen LogP contribution in [0.2, 0.25) is 0 Å². The van der Waals surface area contributed by atoms with Crippen LogP contribution in [0.5, 0.6) is 0 Å². The highest BCUT2D eigenvalue weighted by Crippen LogP contribution is 2.62. The van der Waals surface area contributed by atoms with E-state index in [0.29, 0.717) is 0 Å². The minimum atomic E-state index is -5.53. The molecule has 2 aliphatic heterocycles. The molecule has 3 heterocycles. The van der Waals surface area contributed by atoms with Crippen molar-refractivity contribution in [3.63, 3.8) is 0 Å². The molecular formula is C18H29FN2O16P2S. The van der Waals surface area contributed by atoms with E-state index in [1.165, 1.54) is 6.92 Å². The molecular weight excluding hydrogens is 613 g/mol. The van der Waals surface area contributed by atoms with Crippen molar-refractivity contribution in [3.05, 3.63) is 33.1 Å². The van der Waals surface area contributed by atoms with Gasteiger partial charge in [-0.15, -0.1) is 0 Å². The van der Waals surface area contributed by atoms with E-state index < -0.39 is 99.9 Å². The number of phosphoric acid groups is 1. The van der Waals surface area contributed by atoms with Crippen molar-refractivity contribution >= 4 is 26.3 Å². The summed E-state index contributed by atoms with van der Waals surface area (Å²) in [7, 11) is -5.53. The number of ether oxygens (including phenoxy) is 2. The number of hydrogen-bond donors (Lipinski definition) is 9. The molecule has 1 aromatic heterocycles. The molecule has 230 valence electrons. The molecule has 9 N–H and O–H groups in total. The maximum atomic E-state index is 13.9. The standard InChI is InChI=1S/C18H29FN2O16P2S/c1-2-18(29)14(27)8(34-16(18)21-4-3-9(23)20-17(21)28)6-33-39(32,40)37-38(30,31)36-15-12(26)10(24)11(25)13(35-15)7(19)5-22/h3-4,7-8,10-16,22,24-27,29H,2,5-6H2,1H3,(H,30,31)(H,32,40)(H,20,23,28)/t7-,8+,10?,11?,12?,13?,14+,15?,16+,18+,39?/m0/s1. The summed E-state index contributed by atoms with van der Waals surface area (Å²) in [6.45, 7) is -5.37. The van der Waals surface area contributed by atoms with E-state index in [1.807, 2.05) is 4.98 Å². The van der Waals surface area contributed by atoms with Crippen LogP contribution in [0.25, 0.3) is 0 Å². The number of nitrogens with zero attached hydrogens (tertiary/aromatic N) is 1. The van der Waals surface area contributed by atoms with Gasteiger partial charge in [0.2, 0.25) is 0 Å². The first kappa shape index (κ1) is 33.5. The van der Waals surface area contributed by atoms with Crippen LogP contribution in [0.1, 0.15) is 19.6 Å². The average Bonchev–Trinajstić information content (AvgIpc) is 3.12. The number of alkyl halides is 1. The Morgan fingerprint density at radius 1 is 1.20 bits per heavy atom. The third kappa shape index (κ3) is 7.12. The van der Waals surface area contributed by atoms with E-state index in [1.54, 1.807) is 0 Å². The zero-order valence-corrected chi connectivity index (χ0v) is 23.0. The van der Waals surface area contributed by atoms with Gasteiger partial charge in [0.25, 0.3) is 5.56 Å². The Morgan fingerprint density at radius 3 is 2.42 bits per heavy atom. The fourth-order valence-electron chi connectivity index (χ4n) is 4.09. The maximum Gasteiger partial charge on any atom is 0.481 e. The van der Waals surface area contributed by atoms with Gasteiger partial charge < -0.3 is 54.4 Å². The van der Waals surface area contributed by atoms with Gasteiger partial charge in [0.15, 0.2) is 18.7 Å². The zero-order chi connectivity index (χ0) is 30.2. The first-order valence-electron chi connectivity index (χ1n) is 11.5. The molecule has 12 atom stereocenters. The lowest BCUT2D eigenvalue weighted by Gasteiger charge is -2.41. The molecule has 1 aromatic rings. The molecule has 7 unspecified atom stereocenters. The predicted octanol–water partition coefficient (Wildman–Crippen LogP) is -3.56. The summed E-state index contributed by atoms with van der Waals surface area (Å²) >= 11 is 4.66. The van der Waals surface area contributed by atoms with Crippen molar-refractivity contribution < 1.29 is 72.2 Å². The Balaban J connectivity index is 1.68. The highest BCUT2D eigenvalue weighted by atomic mass is 32.5. The summed E-state index contributed by atoms with van der Waals surface area (Å²) in [4.78, 5) is 45.8. The van der Waals surface area contributed by atoms with Crippen LogP contribution < -0.4 is 11.2 Å². The Hall–Kier alpha value is -1.03. The quantitative estimate of drug-likeness (QED) is 0.106. The van der Waals surface area contributed by atoms with Crippen LogP contribution in [0.4, 0.5) is 4.39 Å². The highest BCUT2D eigenvalue weighted by Gasteiger charge is 2.56. The maximum absolute atomic E-state index is 13.9. The topological polar surface area (TPSA) is 280 Å². The molecule has 22 heteroatoms. The molecule has 0 spiro atoms. The monoisotopic (exact) mass is 642 g/mol. The van der Waals surface area contributed by atoms with E-state index in [2.05, 4.69) is 20.6 Å². The zero-order valence-electron chi connectivity index (χ0n) is 20.4. The van der Waals surface area contributed by atoms with Crippen molar-refractivity contribution in [1.82, 2.24) is 9.55 Å². The Labute approximate surface area is 229 Å². The van der Waals surface area contributed by atoms with Crippen LogP contribution in [0.15, 0.2) is 21.9 Å². The fourth-order valence-corrected chi connectivity index (χ4v) is 7.19. The molecule has 2 fully saturated rings. The number of aliphatic hydroxyl groups excluding tert-OH is 5. The first-order valence-corrected chi connectivity index (χ1v) is 15.6. The van der Waals surface area contributed by atoms with Gasteiger partial charge in [-0.25, -0.2) is 18.1 Å². The van der Waals surface area contributed by atoms with Gasteiger partial charge in [0, 0.05) is 12.3 Å². The molecule has 0 aliphatic carbocycles. The molecule has 0 amide bonds. The van der Waals surface area contributed by atoms with Gasteiger partial charge in [0.1, 0.15) is 42.2 Å². The van der Waals surface area contributed by atoms with Crippen molar-refractivity contribution in [3.8, 4) is 0 Å². The van der Waals surface area contributed by atoms with Crippen LogP contribution in [0, 0.1) is 0 Å². The van der Waals surface area contributed by atoms with Gasteiger partial charge in [-0.2, -0.15) is 0 Å². The number of aliphatic hydroxyl groups is 6. The normalized spacial score (nSPS) is 38.5. The van der Waals surface area contributed by atoms with Gasteiger partial charge in [-0.05, 0) is 18.2 Å². The summed E-state index contributed by atoms with van der Waals surface area (Å²) < 4.78 is 51.4. The largest absolute Gasteiger partial charge is 0.481 e. The van der Waals surface area contributed by atoms with Gasteiger partial charge in [-0.1, -0.05) is 6.92 Å². The molecule has 2 aliphatic rings. The second-order valence-electron chi connectivity index (χ2n) is 8.89. The van der Waals surface area contributed by atoms with Crippen molar-refractivity contribution in [2.24, 2.45) is 0 Å². The van der Waals surface area contributed by atoms with Crippen LogP contribution in [-0.4, -0.2) is 118 Å². The lowest BCUT2D eigenvalue weighted by atomic mass is 9.91. The second kappa shape index (κ2) is 12.7. The Kier molecular flexibility index (Phi) is 10.6. The third-order valence-corrected chi connectivity index (χ3v) is 9.77. The molecule has 0 bridgehead atoms. The summed E-state index contributed by atoms with van der Waals surface area (Å²) in [6, 6.07) is 0.962. The highest BCUT2D eigenvalue weighted by molar-refractivity contribution is 8.08. The van der Waals surface area contributed by atoms with Gasteiger partial charge in [-0.3, -0.25) is 18.9 Å². The summed E-state index contributed by atoms with van der Waals surface area (Å²) in [6.07, 6.45) is -17.0. The predicted molar refractivity (Wildman–Crippen MR) is 130 cm³/mol. The van der Waals surface area contributed by atoms with Gasteiger partial charge >= 0.3 is 20.2 Å². The smallest absolute Gasteiger partial charge is 0.393 e. The first-order chi connectivity index (χ1) is 18.5. The second-order valence-corrected chi connectivity index (χ2v) is 13.3. The molecule has 18 nitrogen and oxygen atoms in total. The molecule has 0 radical (unpaired) electrons. The molecule has 40 heavy (non-hydrogen) atoms. The molecule has 3 rings (SSSR count). The minimum absolute atomic E-state index is 0.175.